The average molecular weight is 338 g/mol. The number of primary amides is 1. The number of piperidine rings is 1. The number of likely N-dealkylation sites (tertiary alicyclic amines) is 1. The normalized spacial score (nSPS) is 15.7. The first kappa shape index (κ1) is 17.1. The van der Waals surface area contributed by atoms with E-state index in [0.29, 0.717) is 17.1 Å². The zero-order valence-electron chi connectivity index (χ0n) is 14.3. The first-order chi connectivity index (χ1) is 12.1. The van der Waals surface area contributed by atoms with E-state index in [1.54, 1.807) is 48.7 Å². The Bertz CT molecular complexity index is 755. The number of anilines is 2. The molecule has 2 heterocycles. The van der Waals surface area contributed by atoms with Gasteiger partial charge in [0.05, 0.1) is 5.69 Å². The smallest absolute Gasteiger partial charge is 0.325 e. The second-order valence-electron chi connectivity index (χ2n) is 6.35. The number of carbonyl (C=O) groups excluding carboxylic acids is 2. The Morgan fingerprint density at radius 1 is 1.16 bits per heavy atom. The Kier molecular flexibility index (Phi) is 5.09. The summed E-state index contributed by atoms with van der Waals surface area (Å²) in [4.78, 5) is 32.5. The number of amides is 2. The Morgan fingerprint density at radius 3 is 2.56 bits per heavy atom. The summed E-state index contributed by atoms with van der Waals surface area (Å²) >= 11 is 0. The molecule has 0 radical (unpaired) electrons. The molecule has 0 bridgehead atoms. The lowest BCUT2D eigenvalue weighted by molar-refractivity contribution is 0.0857. The molecule has 2 N–H and O–H groups in total. The number of pyridine rings is 1. The van der Waals surface area contributed by atoms with E-state index in [4.69, 9.17) is 5.73 Å². The van der Waals surface area contributed by atoms with Crippen molar-refractivity contribution in [3.63, 3.8) is 0 Å². The summed E-state index contributed by atoms with van der Waals surface area (Å²) in [6, 6.07) is 11.7. The van der Waals surface area contributed by atoms with Crippen LogP contribution in [0, 0.1) is 5.92 Å². The van der Waals surface area contributed by atoms with Gasteiger partial charge in [-0.3, -0.25) is 4.79 Å². The van der Waals surface area contributed by atoms with Gasteiger partial charge in [0.15, 0.2) is 5.78 Å². The molecule has 3 rings (SSSR count). The zero-order chi connectivity index (χ0) is 17.8. The van der Waals surface area contributed by atoms with Crippen molar-refractivity contribution >= 4 is 23.3 Å². The summed E-state index contributed by atoms with van der Waals surface area (Å²) in [5.41, 5.74) is 6.69. The van der Waals surface area contributed by atoms with Gasteiger partial charge in [0, 0.05) is 17.7 Å². The third kappa shape index (κ3) is 3.85. The summed E-state index contributed by atoms with van der Waals surface area (Å²) in [5.74, 6) is 0.586. The fraction of sp³-hybridized carbons (Fsp3) is 0.316. The molecule has 1 aliphatic heterocycles. The van der Waals surface area contributed by atoms with Gasteiger partial charge in [-0.05, 0) is 57.2 Å². The van der Waals surface area contributed by atoms with Crippen LogP contribution in [0.3, 0.4) is 0 Å². The molecule has 6 heteroatoms. The number of hydrogen-bond donors (Lipinski definition) is 1. The molecule has 0 aliphatic carbocycles. The van der Waals surface area contributed by atoms with Gasteiger partial charge in [-0.15, -0.1) is 0 Å². The van der Waals surface area contributed by atoms with Gasteiger partial charge < -0.3 is 10.6 Å². The molecule has 0 unspecified atom stereocenters. The minimum Gasteiger partial charge on any atom is -0.351 e. The maximum atomic E-state index is 12.8. The second-order valence-corrected chi connectivity index (χ2v) is 6.35. The van der Waals surface area contributed by atoms with Crippen molar-refractivity contribution in [2.75, 3.05) is 25.0 Å². The molecule has 2 aromatic rings. The zero-order valence-corrected chi connectivity index (χ0v) is 14.3. The number of Topliss-reactive ketones (excluding diaryl/α,β-unsaturated/α-hetero) is 1. The van der Waals surface area contributed by atoms with E-state index < -0.39 is 6.03 Å². The van der Waals surface area contributed by atoms with Crippen molar-refractivity contribution in [1.29, 1.82) is 0 Å². The average Bonchev–Trinajstić information content (AvgIpc) is 2.63. The van der Waals surface area contributed by atoms with Crippen LogP contribution in [0.5, 0.6) is 0 Å². The Balaban J connectivity index is 1.87. The van der Waals surface area contributed by atoms with Crippen molar-refractivity contribution < 1.29 is 9.59 Å². The van der Waals surface area contributed by atoms with E-state index >= 15 is 0 Å². The van der Waals surface area contributed by atoms with Gasteiger partial charge in [0.25, 0.3) is 0 Å². The molecule has 1 saturated heterocycles. The molecular weight excluding hydrogens is 316 g/mol. The first-order valence-corrected chi connectivity index (χ1v) is 8.39. The first-order valence-electron chi connectivity index (χ1n) is 8.39. The standard InChI is InChI=1S/C19H22N4O2/c1-22-11-8-14(9-12-22)18(24)15-5-4-6-16(13-15)23(19(20)25)17-7-2-3-10-21-17/h2-7,10,13-14H,8-9,11-12H2,1H3,(H2,20,25). The van der Waals surface area contributed by atoms with E-state index in [-0.39, 0.29) is 11.7 Å². The summed E-state index contributed by atoms with van der Waals surface area (Å²) in [7, 11) is 2.07. The highest BCUT2D eigenvalue weighted by Crippen LogP contribution is 2.27. The highest BCUT2D eigenvalue weighted by Gasteiger charge is 2.25. The molecule has 1 aromatic carbocycles. The van der Waals surface area contributed by atoms with Gasteiger partial charge in [0.2, 0.25) is 0 Å². The third-order valence-electron chi connectivity index (χ3n) is 4.58. The van der Waals surface area contributed by atoms with E-state index in [0.717, 1.165) is 25.9 Å². The fourth-order valence-electron chi connectivity index (χ4n) is 3.16. The minimum absolute atomic E-state index is 0.0309. The maximum Gasteiger partial charge on any atom is 0.325 e. The van der Waals surface area contributed by atoms with Gasteiger partial charge in [-0.25, -0.2) is 14.7 Å². The summed E-state index contributed by atoms with van der Waals surface area (Å²) < 4.78 is 0. The molecular formula is C19H22N4O2. The lowest BCUT2D eigenvalue weighted by atomic mass is 9.89. The van der Waals surface area contributed by atoms with Crippen molar-refractivity contribution in [2.45, 2.75) is 12.8 Å². The highest BCUT2D eigenvalue weighted by atomic mass is 16.2. The largest absolute Gasteiger partial charge is 0.351 e. The predicted octanol–water partition coefficient (Wildman–Crippen LogP) is 2.82. The van der Waals surface area contributed by atoms with Crippen LogP contribution < -0.4 is 10.6 Å². The molecule has 0 spiro atoms. The summed E-state index contributed by atoms with van der Waals surface area (Å²) in [6.07, 6.45) is 3.32. The number of nitrogens with two attached hydrogens (primary N) is 1. The van der Waals surface area contributed by atoms with Crippen LogP contribution in [-0.2, 0) is 0 Å². The number of benzene rings is 1. The lowest BCUT2D eigenvalue weighted by Gasteiger charge is -2.28. The molecule has 1 fully saturated rings. The molecule has 0 atom stereocenters. The topological polar surface area (TPSA) is 79.5 Å². The monoisotopic (exact) mass is 338 g/mol. The Hall–Kier alpha value is -2.73. The van der Waals surface area contributed by atoms with Crippen LogP contribution in [0.2, 0.25) is 0 Å². The van der Waals surface area contributed by atoms with E-state index in [1.807, 2.05) is 0 Å². The molecule has 0 saturated carbocycles. The SMILES string of the molecule is CN1CCC(C(=O)c2cccc(N(C(N)=O)c3ccccn3)c2)CC1. The van der Waals surface area contributed by atoms with Gasteiger partial charge in [-0.1, -0.05) is 18.2 Å². The van der Waals surface area contributed by atoms with E-state index in [1.165, 1.54) is 4.90 Å². The van der Waals surface area contributed by atoms with Crippen molar-refractivity contribution in [3.05, 3.63) is 54.2 Å². The summed E-state index contributed by atoms with van der Waals surface area (Å²) in [6.45, 7) is 1.86. The van der Waals surface area contributed by atoms with Crippen molar-refractivity contribution in [1.82, 2.24) is 9.88 Å². The van der Waals surface area contributed by atoms with Crippen molar-refractivity contribution in [2.24, 2.45) is 11.7 Å². The molecule has 25 heavy (non-hydrogen) atoms. The number of carbonyl (C=O) groups is 2. The number of nitrogens with zero attached hydrogens (tertiary/aromatic N) is 3. The Labute approximate surface area is 147 Å². The van der Waals surface area contributed by atoms with Crippen LogP contribution >= 0.6 is 0 Å². The third-order valence-corrected chi connectivity index (χ3v) is 4.58. The van der Waals surface area contributed by atoms with Crippen LogP contribution in [0.1, 0.15) is 23.2 Å². The summed E-state index contributed by atoms with van der Waals surface area (Å²) in [5, 5.41) is 0. The number of urea groups is 1. The van der Waals surface area contributed by atoms with E-state index in [9.17, 15) is 9.59 Å². The van der Waals surface area contributed by atoms with Crippen LogP contribution in [0.15, 0.2) is 48.7 Å². The number of ketones is 1. The quantitative estimate of drug-likeness (QED) is 0.869. The number of aromatic nitrogens is 1. The van der Waals surface area contributed by atoms with Gasteiger partial charge in [0.1, 0.15) is 5.82 Å². The molecule has 1 aromatic heterocycles. The van der Waals surface area contributed by atoms with Crippen LogP contribution in [0.25, 0.3) is 0 Å². The molecule has 2 amide bonds. The number of hydrogen-bond acceptors (Lipinski definition) is 4. The van der Waals surface area contributed by atoms with Crippen LogP contribution in [0.4, 0.5) is 16.3 Å². The number of rotatable bonds is 4. The minimum atomic E-state index is -0.636. The fourth-order valence-corrected chi connectivity index (χ4v) is 3.16. The van der Waals surface area contributed by atoms with Crippen molar-refractivity contribution in [3.8, 4) is 0 Å². The van der Waals surface area contributed by atoms with Gasteiger partial charge >= 0.3 is 6.03 Å². The second kappa shape index (κ2) is 7.44. The highest BCUT2D eigenvalue weighted by molar-refractivity contribution is 6.02. The van der Waals surface area contributed by atoms with Gasteiger partial charge in [-0.2, -0.15) is 0 Å². The molecule has 130 valence electrons. The van der Waals surface area contributed by atoms with E-state index in [2.05, 4.69) is 16.9 Å². The van der Waals surface area contributed by atoms with Crippen LogP contribution in [-0.4, -0.2) is 41.8 Å². The molecule has 1 aliphatic rings. The molecule has 6 nitrogen and oxygen atoms in total. The predicted molar refractivity (Wildman–Crippen MR) is 97.0 cm³/mol. The Morgan fingerprint density at radius 2 is 1.92 bits per heavy atom. The maximum absolute atomic E-state index is 12.8. The lowest BCUT2D eigenvalue weighted by Crippen LogP contribution is -2.34.